The molecule has 1 N–H and O–H groups in total. The molecule has 1 aromatic heterocycles. The number of rotatable bonds is 2. The first-order chi connectivity index (χ1) is 11.6. The Morgan fingerprint density at radius 1 is 1.29 bits per heavy atom. The van der Waals surface area contributed by atoms with E-state index in [1.165, 1.54) is 12.8 Å². The molecule has 4 bridgehead atoms. The molecular formula is C19H27N3O2. The zero-order valence-electron chi connectivity index (χ0n) is 14.4. The molecule has 2 heterocycles. The average Bonchev–Trinajstić information content (AvgIpc) is 2.86. The molecule has 0 radical (unpaired) electrons. The van der Waals surface area contributed by atoms with Crippen LogP contribution in [-0.4, -0.2) is 43.9 Å². The second-order valence-corrected chi connectivity index (χ2v) is 8.61. The molecule has 5 atom stereocenters. The lowest BCUT2D eigenvalue weighted by atomic mass is 9.52. The highest BCUT2D eigenvalue weighted by Crippen LogP contribution is 2.57. The van der Waals surface area contributed by atoms with E-state index in [9.17, 15) is 9.90 Å². The molecule has 3 unspecified atom stereocenters. The first-order valence-electron chi connectivity index (χ1n) is 9.66. The molecule has 6 rings (SSSR count). The summed E-state index contributed by atoms with van der Waals surface area (Å²) in [5.41, 5.74) is 1.51. The summed E-state index contributed by atoms with van der Waals surface area (Å²) in [6.45, 7) is 3.77. The molecule has 0 saturated heterocycles. The summed E-state index contributed by atoms with van der Waals surface area (Å²) in [5.74, 6) is 1.86. The summed E-state index contributed by atoms with van der Waals surface area (Å²) in [5, 5.41) is 15.2. The zero-order valence-corrected chi connectivity index (χ0v) is 14.4. The maximum atomic E-state index is 13.3. The van der Waals surface area contributed by atoms with E-state index in [-0.39, 0.29) is 5.91 Å². The van der Waals surface area contributed by atoms with Crippen LogP contribution in [0.4, 0.5) is 0 Å². The van der Waals surface area contributed by atoms with Gasteiger partial charge in [-0.2, -0.15) is 5.10 Å². The topological polar surface area (TPSA) is 58.4 Å². The van der Waals surface area contributed by atoms with Crippen LogP contribution in [-0.2, 0) is 13.0 Å². The summed E-state index contributed by atoms with van der Waals surface area (Å²) < 4.78 is 1.98. The van der Waals surface area contributed by atoms with Crippen molar-refractivity contribution in [3.05, 3.63) is 17.5 Å². The van der Waals surface area contributed by atoms with E-state index in [2.05, 4.69) is 16.9 Å². The minimum Gasteiger partial charge on any atom is -0.390 e. The summed E-state index contributed by atoms with van der Waals surface area (Å²) in [6.07, 6.45) is 8.94. The minimum absolute atomic E-state index is 0.187. The molecule has 24 heavy (non-hydrogen) atoms. The molecule has 130 valence electrons. The predicted molar refractivity (Wildman–Crippen MR) is 89.6 cm³/mol. The van der Waals surface area contributed by atoms with E-state index >= 15 is 0 Å². The van der Waals surface area contributed by atoms with Gasteiger partial charge in [-0.1, -0.05) is 0 Å². The maximum Gasteiger partial charge on any atom is 0.257 e. The molecule has 1 amide bonds. The zero-order chi connectivity index (χ0) is 16.5. The largest absolute Gasteiger partial charge is 0.390 e. The highest BCUT2D eigenvalue weighted by Gasteiger charge is 2.56. The van der Waals surface area contributed by atoms with Gasteiger partial charge in [0.15, 0.2) is 0 Å². The molecule has 0 spiro atoms. The van der Waals surface area contributed by atoms with Crippen molar-refractivity contribution in [1.82, 2.24) is 14.7 Å². The number of nitrogens with zero attached hydrogens (tertiary/aromatic N) is 3. The molecule has 0 aromatic carbocycles. The standard InChI is InChI=1S/C19H27N3O2/c1-2-22-16-4-3-5-21(18(23)15(16)11-20-22)17-13-6-12-7-14(17)10-19(24,8-12)9-13/h11-14,17,24H,2-10H2,1H3/t12?,13-,14+,17?,19?. The highest BCUT2D eigenvalue weighted by atomic mass is 16.3. The quantitative estimate of drug-likeness (QED) is 0.905. The summed E-state index contributed by atoms with van der Waals surface area (Å²) in [7, 11) is 0. The fourth-order valence-electron chi connectivity index (χ4n) is 6.55. The van der Waals surface area contributed by atoms with Crippen LogP contribution >= 0.6 is 0 Å². The van der Waals surface area contributed by atoms with Crippen LogP contribution in [0.2, 0.25) is 0 Å². The number of hydrogen-bond acceptors (Lipinski definition) is 3. The Kier molecular flexibility index (Phi) is 3.16. The van der Waals surface area contributed by atoms with Crippen molar-refractivity contribution in [3.63, 3.8) is 0 Å². The monoisotopic (exact) mass is 329 g/mol. The fourth-order valence-corrected chi connectivity index (χ4v) is 6.55. The van der Waals surface area contributed by atoms with Gasteiger partial charge in [0.25, 0.3) is 5.91 Å². The molecular weight excluding hydrogens is 302 g/mol. The number of fused-ring (bicyclic) bond motifs is 1. The SMILES string of the molecule is CCn1ncc2c1CCCN(C1[C@@H]3CC4C[C@H]1CC(O)(C4)C3)C2=O. The Morgan fingerprint density at radius 3 is 2.71 bits per heavy atom. The molecule has 4 aliphatic carbocycles. The Balaban J connectivity index is 1.48. The van der Waals surface area contributed by atoms with Crippen molar-refractivity contribution in [2.24, 2.45) is 17.8 Å². The number of carbonyl (C=O) groups excluding carboxylic acids is 1. The first-order valence-corrected chi connectivity index (χ1v) is 9.66. The molecule has 5 nitrogen and oxygen atoms in total. The van der Waals surface area contributed by atoms with Crippen LogP contribution in [0.5, 0.6) is 0 Å². The van der Waals surface area contributed by atoms with Gasteiger partial charge in [-0.25, -0.2) is 0 Å². The molecule has 5 aliphatic rings. The van der Waals surface area contributed by atoms with Gasteiger partial charge >= 0.3 is 0 Å². The average molecular weight is 329 g/mol. The normalized spacial score (nSPS) is 40.8. The smallest absolute Gasteiger partial charge is 0.257 e. The molecule has 5 heteroatoms. The van der Waals surface area contributed by atoms with Gasteiger partial charge in [0.05, 0.1) is 23.1 Å². The lowest BCUT2D eigenvalue weighted by molar-refractivity contribution is -0.154. The van der Waals surface area contributed by atoms with Crippen LogP contribution < -0.4 is 0 Å². The van der Waals surface area contributed by atoms with Gasteiger partial charge in [-0.05, 0) is 69.6 Å². The van der Waals surface area contributed by atoms with Gasteiger partial charge in [-0.15, -0.1) is 0 Å². The predicted octanol–water partition coefficient (Wildman–Crippen LogP) is 2.23. The number of aliphatic hydroxyl groups is 1. The summed E-state index contributed by atoms with van der Waals surface area (Å²) in [4.78, 5) is 15.4. The van der Waals surface area contributed by atoms with Gasteiger partial charge < -0.3 is 10.0 Å². The van der Waals surface area contributed by atoms with E-state index < -0.39 is 5.60 Å². The summed E-state index contributed by atoms with van der Waals surface area (Å²) >= 11 is 0. The second kappa shape index (κ2) is 5.07. The van der Waals surface area contributed by atoms with Crippen molar-refractivity contribution < 1.29 is 9.90 Å². The van der Waals surface area contributed by atoms with Crippen LogP contribution in [0.25, 0.3) is 0 Å². The Bertz CT molecular complexity index is 666. The number of aryl methyl sites for hydroxylation is 1. The van der Waals surface area contributed by atoms with E-state index in [0.29, 0.717) is 23.8 Å². The minimum atomic E-state index is -0.430. The van der Waals surface area contributed by atoms with Crippen molar-refractivity contribution in [2.45, 2.75) is 70.1 Å². The van der Waals surface area contributed by atoms with Crippen molar-refractivity contribution in [3.8, 4) is 0 Å². The highest BCUT2D eigenvalue weighted by molar-refractivity contribution is 5.95. The van der Waals surface area contributed by atoms with Gasteiger partial charge in [0.2, 0.25) is 0 Å². The van der Waals surface area contributed by atoms with Crippen molar-refractivity contribution >= 4 is 5.91 Å². The van der Waals surface area contributed by atoms with E-state index in [1.807, 2.05) is 4.68 Å². The first kappa shape index (κ1) is 14.9. The number of aromatic nitrogens is 2. The van der Waals surface area contributed by atoms with Crippen LogP contribution in [0.1, 0.15) is 61.5 Å². The van der Waals surface area contributed by atoms with Crippen molar-refractivity contribution in [1.29, 1.82) is 0 Å². The molecule has 4 fully saturated rings. The number of carbonyl (C=O) groups is 1. The van der Waals surface area contributed by atoms with E-state index in [4.69, 9.17) is 0 Å². The lowest BCUT2D eigenvalue weighted by Gasteiger charge is -2.60. The van der Waals surface area contributed by atoms with Crippen LogP contribution in [0.3, 0.4) is 0 Å². The maximum absolute atomic E-state index is 13.3. The third-order valence-corrected chi connectivity index (χ3v) is 7.10. The van der Waals surface area contributed by atoms with Gasteiger partial charge in [0, 0.05) is 19.1 Å². The van der Waals surface area contributed by atoms with Crippen molar-refractivity contribution in [2.75, 3.05) is 6.54 Å². The third kappa shape index (κ3) is 2.03. The Morgan fingerprint density at radius 2 is 2.04 bits per heavy atom. The Hall–Kier alpha value is -1.36. The molecule has 1 aromatic rings. The second-order valence-electron chi connectivity index (χ2n) is 8.61. The molecule has 4 saturated carbocycles. The lowest BCUT2D eigenvalue weighted by Crippen LogP contribution is -2.62. The number of amides is 1. The summed E-state index contributed by atoms with van der Waals surface area (Å²) in [6, 6.07) is 0.338. The van der Waals surface area contributed by atoms with Gasteiger partial charge in [-0.3, -0.25) is 9.48 Å². The fraction of sp³-hybridized carbons (Fsp3) is 0.789. The van der Waals surface area contributed by atoms with Crippen LogP contribution in [0.15, 0.2) is 6.20 Å². The van der Waals surface area contributed by atoms with Crippen LogP contribution in [0, 0.1) is 17.8 Å². The van der Waals surface area contributed by atoms with E-state index in [1.54, 1.807) is 6.20 Å². The third-order valence-electron chi connectivity index (χ3n) is 7.10. The van der Waals surface area contributed by atoms with Gasteiger partial charge in [0.1, 0.15) is 0 Å². The molecule has 1 aliphatic heterocycles. The Labute approximate surface area is 143 Å². The number of hydrogen-bond donors (Lipinski definition) is 1. The van der Waals surface area contributed by atoms with E-state index in [0.717, 1.165) is 56.5 Å².